The van der Waals surface area contributed by atoms with Crippen LogP contribution in [-0.4, -0.2) is 36.1 Å². The van der Waals surface area contributed by atoms with E-state index in [2.05, 4.69) is 5.43 Å². The molecule has 1 aromatic heterocycles. The summed E-state index contributed by atoms with van der Waals surface area (Å²) < 4.78 is 0. The predicted octanol–water partition coefficient (Wildman–Crippen LogP) is 1.05. The third kappa shape index (κ3) is 3.84. The first-order chi connectivity index (χ1) is 7.49. The summed E-state index contributed by atoms with van der Waals surface area (Å²) in [6.07, 6.45) is 2.50. The average molecular weight is 240 g/mol. The van der Waals surface area contributed by atoms with E-state index in [9.17, 15) is 9.59 Å². The van der Waals surface area contributed by atoms with Gasteiger partial charge in [0.1, 0.15) is 0 Å². The monoisotopic (exact) mass is 240 g/mol. The van der Waals surface area contributed by atoms with E-state index in [1.165, 1.54) is 17.4 Å². The Balaban J connectivity index is 2.71. The third-order valence-electron chi connectivity index (χ3n) is 1.60. The van der Waals surface area contributed by atoms with E-state index in [0.717, 1.165) is 11.0 Å². The lowest BCUT2D eigenvalue weighted by Gasteiger charge is -2.10. The fourth-order valence-corrected chi connectivity index (χ4v) is 1.76. The zero-order valence-corrected chi connectivity index (χ0v) is 9.75. The molecule has 86 valence electrons. The van der Waals surface area contributed by atoms with Crippen molar-refractivity contribution in [3.05, 3.63) is 28.0 Å². The standard InChI is InChI=1S/C10H12N2O3S/c1-12(2)11-10(15)7-5-8(16-6-7)3-4-9(13)14/h3-6H,1-2H3,(H,11,15)(H,13,14)/b4-3+. The summed E-state index contributed by atoms with van der Waals surface area (Å²) >= 11 is 1.32. The highest BCUT2D eigenvalue weighted by Crippen LogP contribution is 2.16. The number of hydrazine groups is 1. The number of carboxylic acid groups (broad SMARTS) is 1. The minimum Gasteiger partial charge on any atom is -0.478 e. The van der Waals surface area contributed by atoms with Crippen molar-refractivity contribution in [3.63, 3.8) is 0 Å². The average Bonchev–Trinajstić information content (AvgIpc) is 2.61. The van der Waals surface area contributed by atoms with Gasteiger partial charge in [0, 0.05) is 30.4 Å². The number of hydrogen-bond donors (Lipinski definition) is 2. The molecule has 0 saturated carbocycles. The van der Waals surface area contributed by atoms with Gasteiger partial charge in [-0.25, -0.2) is 9.80 Å². The molecule has 0 aromatic carbocycles. The van der Waals surface area contributed by atoms with Gasteiger partial charge in [-0.15, -0.1) is 11.3 Å². The summed E-state index contributed by atoms with van der Waals surface area (Å²) in [6.45, 7) is 0. The molecule has 0 unspecified atom stereocenters. The number of hydrogen-bond acceptors (Lipinski definition) is 4. The summed E-state index contributed by atoms with van der Waals surface area (Å²) in [7, 11) is 3.44. The highest BCUT2D eigenvalue weighted by molar-refractivity contribution is 7.11. The van der Waals surface area contributed by atoms with Crippen molar-refractivity contribution < 1.29 is 14.7 Å². The molecule has 0 aliphatic carbocycles. The number of rotatable bonds is 4. The van der Waals surface area contributed by atoms with Crippen LogP contribution >= 0.6 is 11.3 Å². The number of carbonyl (C=O) groups is 2. The largest absolute Gasteiger partial charge is 0.478 e. The fourth-order valence-electron chi connectivity index (χ4n) is 0.980. The zero-order valence-electron chi connectivity index (χ0n) is 8.93. The van der Waals surface area contributed by atoms with E-state index in [4.69, 9.17) is 5.11 Å². The van der Waals surface area contributed by atoms with Crippen LogP contribution in [-0.2, 0) is 4.79 Å². The molecule has 1 heterocycles. The van der Waals surface area contributed by atoms with Gasteiger partial charge in [-0.3, -0.25) is 10.2 Å². The maximum Gasteiger partial charge on any atom is 0.328 e. The summed E-state index contributed by atoms with van der Waals surface area (Å²) in [5.41, 5.74) is 3.12. The van der Waals surface area contributed by atoms with E-state index in [1.54, 1.807) is 30.6 Å². The smallest absolute Gasteiger partial charge is 0.328 e. The van der Waals surface area contributed by atoms with Crippen molar-refractivity contribution in [2.45, 2.75) is 0 Å². The Hall–Kier alpha value is -1.66. The molecule has 1 aromatic rings. The van der Waals surface area contributed by atoms with E-state index in [0.29, 0.717) is 5.56 Å². The Morgan fingerprint density at radius 1 is 1.50 bits per heavy atom. The second kappa shape index (κ2) is 5.43. The van der Waals surface area contributed by atoms with Gasteiger partial charge in [0.15, 0.2) is 0 Å². The molecular formula is C10H12N2O3S. The van der Waals surface area contributed by atoms with Crippen molar-refractivity contribution in [3.8, 4) is 0 Å². The Morgan fingerprint density at radius 2 is 2.19 bits per heavy atom. The summed E-state index contributed by atoms with van der Waals surface area (Å²) in [6, 6.07) is 1.64. The summed E-state index contributed by atoms with van der Waals surface area (Å²) in [5, 5.41) is 11.7. The lowest BCUT2D eigenvalue weighted by molar-refractivity contribution is -0.131. The van der Waals surface area contributed by atoms with Gasteiger partial charge in [0.05, 0.1) is 5.56 Å². The first-order valence-electron chi connectivity index (χ1n) is 4.47. The first-order valence-corrected chi connectivity index (χ1v) is 5.35. The molecular weight excluding hydrogens is 228 g/mol. The van der Waals surface area contributed by atoms with Gasteiger partial charge in [-0.1, -0.05) is 0 Å². The minimum atomic E-state index is -1.01. The Labute approximate surface area is 97.0 Å². The van der Waals surface area contributed by atoms with Crippen molar-refractivity contribution in [2.24, 2.45) is 0 Å². The maximum absolute atomic E-state index is 11.5. The molecule has 1 amide bonds. The molecule has 0 aliphatic rings. The third-order valence-corrected chi connectivity index (χ3v) is 2.50. The first kappa shape index (κ1) is 12.4. The number of nitrogens with zero attached hydrogens (tertiary/aromatic N) is 1. The Bertz CT molecular complexity index is 423. The van der Waals surface area contributed by atoms with Crippen molar-refractivity contribution in [1.29, 1.82) is 0 Å². The molecule has 0 spiro atoms. The topological polar surface area (TPSA) is 69.6 Å². The molecule has 0 atom stereocenters. The van der Waals surface area contributed by atoms with Crippen LogP contribution in [0.1, 0.15) is 15.2 Å². The van der Waals surface area contributed by atoms with Crippen molar-refractivity contribution in [1.82, 2.24) is 10.4 Å². The Morgan fingerprint density at radius 3 is 2.75 bits per heavy atom. The van der Waals surface area contributed by atoms with Gasteiger partial charge in [0.25, 0.3) is 5.91 Å². The van der Waals surface area contributed by atoms with Crippen LogP contribution in [0.5, 0.6) is 0 Å². The van der Waals surface area contributed by atoms with Gasteiger partial charge in [-0.2, -0.15) is 0 Å². The second-order valence-corrected chi connectivity index (χ2v) is 4.19. The molecule has 0 saturated heterocycles. The molecule has 16 heavy (non-hydrogen) atoms. The number of aliphatic carboxylic acids is 1. The molecule has 1 rings (SSSR count). The van der Waals surface area contributed by atoms with Crippen LogP contribution in [0.4, 0.5) is 0 Å². The van der Waals surface area contributed by atoms with Crippen molar-refractivity contribution in [2.75, 3.05) is 14.1 Å². The van der Waals surface area contributed by atoms with Crippen LogP contribution in [0, 0.1) is 0 Å². The molecule has 0 bridgehead atoms. The lowest BCUT2D eigenvalue weighted by Crippen LogP contribution is -2.35. The molecule has 0 fully saturated rings. The van der Waals surface area contributed by atoms with E-state index >= 15 is 0 Å². The minimum absolute atomic E-state index is 0.212. The van der Waals surface area contributed by atoms with Crippen molar-refractivity contribution >= 4 is 29.3 Å². The fraction of sp³-hybridized carbons (Fsp3) is 0.200. The number of nitrogens with one attached hydrogen (secondary N) is 1. The zero-order chi connectivity index (χ0) is 12.1. The number of carbonyl (C=O) groups excluding carboxylic acids is 1. The summed E-state index contributed by atoms with van der Waals surface area (Å²) in [4.78, 5) is 22.5. The highest BCUT2D eigenvalue weighted by atomic mass is 32.1. The number of amides is 1. The SMILES string of the molecule is CN(C)NC(=O)c1csc(/C=C/C(=O)O)c1. The van der Waals surface area contributed by atoms with Gasteiger partial charge < -0.3 is 5.11 Å². The predicted molar refractivity (Wildman–Crippen MR) is 62.1 cm³/mol. The van der Waals surface area contributed by atoms with Crippen LogP contribution in [0.25, 0.3) is 6.08 Å². The van der Waals surface area contributed by atoms with Gasteiger partial charge in [0.2, 0.25) is 0 Å². The number of thiophene rings is 1. The van der Waals surface area contributed by atoms with Gasteiger partial charge in [-0.05, 0) is 12.1 Å². The van der Waals surface area contributed by atoms with E-state index < -0.39 is 5.97 Å². The summed E-state index contributed by atoms with van der Waals surface area (Å²) in [5.74, 6) is -1.22. The van der Waals surface area contributed by atoms with Crippen LogP contribution in [0.15, 0.2) is 17.5 Å². The van der Waals surface area contributed by atoms with Gasteiger partial charge >= 0.3 is 5.97 Å². The Kier molecular flexibility index (Phi) is 4.21. The number of carboxylic acids is 1. The van der Waals surface area contributed by atoms with E-state index in [-0.39, 0.29) is 5.91 Å². The van der Waals surface area contributed by atoms with Crippen LogP contribution in [0.3, 0.4) is 0 Å². The molecule has 5 nitrogen and oxygen atoms in total. The molecule has 0 radical (unpaired) electrons. The van der Waals surface area contributed by atoms with Crippen LogP contribution in [0.2, 0.25) is 0 Å². The quantitative estimate of drug-likeness (QED) is 0.609. The van der Waals surface area contributed by atoms with Crippen LogP contribution < -0.4 is 5.43 Å². The maximum atomic E-state index is 11.5. The molecule has 2 N–H and O–H groups in total. The lowest BCUT2D eigenvalue weighted by atomic mass is 10.3. The second-order valence-electron chi connectivity index (χ2n) is 3.24. The van der Waals surface area contributed by atoms with E-state index in [1.807, 2.05) is 0 Å². The molecule has 6 heteroatoms. The molecule has 0 aliphatic heterocycles. The highest BCUT2D eigenvalue weighted by Gasteiger charge is 2.07. The normalized spacial score (nSPS) is 10.9.